The molecule has 8 nitrogen and oxygen atoms in total. The highest BCUT2D eigenvalue weighted by molar-refractivity contribution is 6.42. The number of anilines is 1. The number of hydrogen-bond acceptors (Lipinski definition) is 6. The van der Waals surface area contributed by atoms with Gasteiger partial charge in [0.1, 0.15) is 11.1 Å². The van der Waals surface area contributed by atoms with Crippen molar-refractivity contribution in [2.45, 2.75) is 32.9 Å². The van der Waals surface area contributed by atoms with Gasteiger partial charge >= 0.3 is 6.09 Å². The van der Waals surface area contributed by atoms with Crippen LogP contribution < -0.4 is 5.32 Å². The van der Waals surface area contributed by atoms with Crippen LogP contribution in [0.4, 0.5) is 10.5 Å². The van der Waals surface area contributed by atoms with Crippen LogP contribution in [0.1, 0.15) is 36.7 Å². The molecule has 5 rings (SSSR count). The predicted octanol–water partition coefficient (Wildman–Crippen LogP) is 7.11. The van der Waals surface area contributed by atoms with Gasteiger partial charge in [0, 0.05) is 38.3 Å². The van der Waals surface area contributed by atoms with Crippen LogP contribution in [0.2, 0.25) is 10.0 Å². The van der Waals surface area contributed by atoms with Gasteiger partial charge in [0.15, 0.2) is 5.58 Å². The Morgan fingerprint density at radius 3 is 2.45 bits per heavy atom. The molecule has 2 heterocycles. The molecule has 0 spiro atoms. The van der Waals surface area contributed by atoms with Gasteiger partial charge in [-0.3, -0.25) is 9.69 Å². The van der Waals surface area contributed by atoms with E-state index in [1.165, 1.54) is 6.07 Å². The highest BCUT2D eigenvalue weighted by Gasteiger charge is 2.26. The third-order valence-electron chi connectivity index (χ3n) is 6.51. The summed E-state index contributed by atoms with van der Waals surface area (Å²) in [5.41, 5.74) is 3.53. The maximum atomic E-state index is 12.9. The van der Waals surface area contributed by atoms with Crippen molar-refractivity contribution in [3.05, 3.63) is 81.8 Å². The van der Waals surface area contributed by atoms with E-state index in [0.717, 1.165) is 24.2 Å². The summed E-state index contributed by atoms with van der Waals surface area (Å²) < 4.78 is 11.7. The van der Waals surface area contributed by atoms with Crippen LogP contribution in [0.3, 0.4) is 0 Å². The van der Waals surface area contributed by atoms with E-state index in [1.54, 1.807) is 23.1 Å². The molecule has 2 amide bonds. The maximum Gasteiger partial charge on any atom is 0.410 e. The number of carbonyl (C=O) groups excluding carboxylic acids is 2. The van der Waals surface area contributed by atoms with E-state index in [0.29, 0.717) is 58.0 Å². The van der Waals surface area contributed by atoms with E-state index < -0.39 is 5.60 Å². The first kappa shape index (κ1) is 28.0. The van der Waals surface area contributed by atoms with Crippen LogP contribution in [-0.2, 0) is 11.3 Å². The number of halogens is 2. The Morgan fingerprint density at radius 1 is 0.975 bits per heavy atom. The summed E-state index contributed by atoms with van der Waals surface area (Å²) in [6, 6.07) is 17.9. The molecule has 40 heavy (non-hydrogen) atoms. The molecule has 1 saturated heterocycles. The van der Waals surface area contributed by atoms with E-state index >= 15 is 0 Å². The molecule has 4 aromatic rings. The Balaban J connectivity index is 1.32. The normalized spacial score (nSPS) is 14.4. The molecule has 1 aliphatic rings. The van der Waals surface area contributed by atoms with Crippen molar-refractivity contribution in [2.24, 2.45) is 0 Å². The molecule has 10 heteroatoms. The van der Waals surface area contributed by atoms with E-state index in [4.69, 9.17) is 37.3 Å². The summed E-state index contributed by atoms with van der Waals surface area (Å²) >= 11 is 12.1. The van der Waals surface area contributed by atoms with Gasteiger partial charge in [-0.2, -0.15) is 0 Å². The molecule has 1 fully saturated rings. The van der Waals surface area contributed by atoms with Crippen molar-refractivity contribution in [2.75, 3.05) is 31.5 Å². The van der Waals surface area contributed by atoms with Crippen molar-refractivity contribution in [1.82, 2.24) is 14.8 Å². The number of benzene rings is 3. The zero-order chi connectivity index (χ0) is 28.4. The average Bonchev–Trinajstić information content (AvgIpc) is 3.35. The van der Waals surface area contributed by atoms with Gasteiger partial charge in [0.2, 0.25) is 5.89 Å². The van der Waals surface area contributed by atoms with Crippen LogP contribution in [0.5, 0.6) is 0 Å². The Bertz CT molecular complexity index is 1560. The molecule has 0 bridgehead atoms. The number of aromatic nitrogens is 1. The average molecular weight is 582 g/mol. The smallest absolute Gasteiger partial charge is 0.410 e. The van der Waals surface area contributed by atoms with Gasteiger partial charge in [-0.25, -0.2) is 9.78 Å². The minimum atomic E-state index is -0.514. The molecule has 3 aromatic carbocycles. The quantitative estimate of drug-likeness (QED) is 0.270. The number of hydrogen-bond donors (Lipinski definition) is 1. The highest BCUT2D eigenvalue weighted by Crippen LogP contribution is 2.32. The summed E-state index contributed by atoms with van der Waals surface area (Å²) in [7, 11) is 0. The Morgan fingerprint density at radius 2 is 1.73 bits per heavy atom. The fourth-order valence-electron chi connectivity index (χ4n) is 4.51. The van der Waals surface area contributed by atoms with Crippen LogP contribution in [0.15, 0.2) is 65.1 Å². The zero-order valence-electron chi connectivity index (χ0n) is 22.5. The highest BCUT2D eigenvalue weighted by atomic mass is 35.5. The van der Waals surface area contributed by atoms with Crippen LogP contribution >= 0.6 is 23.2 Å². The maximum absolute atomic E-state index is 12.9. The molecule has 0 radical (unpaired) electrons. The van der Waals surface area contributed by atoms with Gasteiger partial charge in [-0.05, 0) is 62.7 Å². The Hall–Kier alpha value is -3.59. The first-order valence-electron chi connectivity index (χ1n) is 13.0. The zero-order valence-corrected chi connectivity index (χ0v) is 24.1. The lowest BCUT2D eigenvalue weighted by atomic mass is 10.1. The number of fused-ring (bicyclic) bond motifs is 1. The Labute approximate surface area is 242 Å². The van der Waals surface area contributed by atoms with Gasteiger partial charge in [0.25, 0.3) is 5.91 Å². The third-order valence-corrected chi connectivity index (χ3v) is 7.25. The van der Waals surface area contributed by atoms with Crippen molar-refractivity contribution >= 4 is 52.0 Å². The summed E-state index contributed by atoms with van der Waals surface area (Å²) in [5.74, 6) is 0.0792. The number of carbonyl (C=O) groups is 2. The van der Waals surface area contributed by atoms with E-state index in [9.17, 15) is 9.59 Å². The lowest BCUT2D eigenvalue weighted by Crippen LogP contribution is -2.49. The SMILES string of the molecule is CC(C)(C)OC(=O)N1CCN(Cc2cccc3oc(-c4ccccc4NC(=O)c4ccc(Cl)c(Cl)c4)nc23)CC1. The molecular formula is C30H30Cl2N4O4. The fourth-order valence-corrected chi connectivity index (χ4v) is 4.81. The number of nitrogens with zero attached hydrogens (tertiary/aromatic N) is 3. The molecule has 1 aromatic heterocycles. The van der Waals surface area contributed by atoms with Gasteiger partial charge in [-0.1, -0.05) is 47.5 Å². The summed E-state index contributed by atoms with van der Waals surface area (Å²) in [4.78, 5) is 34.2. The first-order chi connectivity index (χ1) is 19.1. The minimum Gasteiger partial charge on any atom is -0.444 e. The number of amides is 2. The summed E-state index contributed by atoms with van der Waals surface area (Å²) in [6.07, 6.45) is -0.277. The number of piperazine rings is 1. The summed E-state index contributed by atoms with van der Waals surface area (Å²) in [5, 5.41) is 3.62. The monoisotopic (exact) mass is 580 g/mol. The van der Waals surface area contributed by atoms with E-state index in [1.807, 2.05) is 57.2 Å². The van der Waals surface area contributed by atoms with Gasteiger partial charge in [-0.15, -0.1) is 0 Å². The molecule has 0 unspecified atom stereocenters. The number of rotatable bonds is 5. The third kappa shape index (κ3) is 6.41. The second-order valence-electron chi connectivity index (χ2n) is 10.7. The standard InChI is InChI=1S/C30H30Cl2N4O4/c1-30(2,3)40-29(38)36-15-13-35(14-16-36)18-20-7-6-10-25-26(20)34-28(39-25)21-8-4-5-9-24(21)33-27(37)19-11-12-22(31)23(32)17-19/h4-12,17H,13-16,18H2,1-3H3,(H,33,37). The molecule has 0 aliphatic carbocycles. The van der Waals surface area contributed by atoms with E-state index in [2.05, 4.69) is 10.2 Å². The van der Waals surface area contributed by atoms with Crippen molar-refractivity contribution in [3.63, 3.8) is 0 Å². The number of para-hydroxylation sites is 2. The van der Waals surface area contributed by atoms with Gasteiger partial charge in [0.05, 0.1) is 21.3 Å². The van der Waals surface area contributed by atoms with Gasteiger partial charge < -0.3 is 19.4 Å². The number of ether oxygens (including phenoxy) is 1. The van der Waals surface area contributed by atoms with E-state index in [-0.39, 0.29) is 12.0 Å². The molecule has 1 aliphatic heterocycles. The topological polar surface area (TPSA) is 87.9 Å². The number of oxazole rings is 1. The van der Waals surface area contributed by atoms with Crippen LogP contribution in [0.25, 0.3) is 22.6 Å². The first-order valence-corrected chi connectivity index (χ1v) is 13.8. The van der Waals surface area contributed by atoms with Crippen molar-refractivity contribution < 1.29 is 18.7 Å². The largest absolute Gasteiger partial charge is 0.444 e. The number of nitrogens with one attached hydrogen (secondary N) is 1. The lowest BCUT2D eigenvalue weighted by Gasteiger charge is -2.35. The molecule has 1 N–H and O–H groups in total. The second-order valence-corrected chi connectivity index (χ2v) is 11.5. The predicted molar refractivity (Wildman–Crippen MR) is 157 cm³/mol. The fraction of sp³-hybridized carbons (Fsp3) is 0.300. The second kappa shape index (κ2) is 11.5. The van der Waals surface area contributed by atoms with Crippen LogP contribution in [-0.4, -0.2) is 58.6 Å². The van der Waals surface area contributed by atoms with Crippen molar-refractivity contribution in [3.8, 4) is 11.5 Å². The molecular weight excluding hydrogens is 551 g/mol. The minimum absolute atomic E-state index is 0.277. The lowest BCUT2D eigenvalue weighted by molar-refractivity contribution is 0.0139. The molecule has 208 valence electrons. The Kier molecular flexibility index (Phi) is 8.03. The molecule has 0 atom stereocenters. The van der Waals surface area contributed by atoms with Crippen LogP contribution in [0, 0.1) is 0 Å². The summed E-state index contributed by atoms with van der Waals surface area (Å²) in [6.45, 7) is 8.93. The van der Waals surface area contributed by atoms with Crippen molar-refractivity contribution in [1.29, 1.82) is 0 Å². The molecule has 0 saturated carbocycles.